The average molecular weight is 222 g/mol. The fourth-order valence-electron chi connectivity index (χ4n) is 1.18. The number of rotatable bonds is 2. The zero-order valence-electron chi connectivity index (χ0n) is 8.45. The molecule has 1 unspecified atom stereocenters. The van der Waals surface area contributed by atoms with Crippen LogP contribution in [0.5, 0.6) is 11.5 Å². The molecule has 6 nitrogen and oxygen atoms in total. The summed E-state index contributed by atoms with van der Waals surface area (Å²) in [4.78, 5) is 3.93. The van der Waals surface area contributed by atoms with Gasteiger partial charge in [0.1, 0.15) is 6.10 Å². The van der Waals surface area contributed by atoms with E-state index in [1.807, 2.05) is 0 Å². The third kappa shape index (κ3) is 1.82. The lowest BCUT2D eigenvalue weighted by Gasteiger charge is -1.98. The van der Waals surface area contributed by atoms with E-state index in [1.165, 1.54) is 25.1 Å². The van der Waals surface area contributed by atoms with Crippen LogP contribution in [-0.2, 0) is 0 Å². The van der Waals surface area contributed by atoms with Gasteiger partial charge in [0.25, 0.3) is 5.89 Å². The van der Waals surface area contributed by atoms with Gasteiger partial charge >= 0.3 is 0 Å². The number of aliphatic hydroxyl groups is 1. The van der Waals surface area contributed by atoms with Crippen molar-refractivity contribution in [1.82, 2.24) is 10.1 Å². The molecule has 0 aliphatic heterocycles. The van der Waals surface area contributed by atoms with Gasteiger partial charge in [-0.2, -0.15) is 4.98 Å². The fraction of sp³-hybridized carbons (Fsp3) is 0.200. The fourth-order valence-corrected chi connectivity index (χ4v) is 1.18. The van der Waals surface area contributed by atoms with E-state index in [-0.39, 0.29) is 23.2 Å². The number of aromatic nitrogens is 2. The SMILES string of the molecule is CC(O)c1nc(-c2ccc(O)c(O)c2)no1. The molecule has 0 saturated carbocycles. The third-order valence-electron chi connectivity index (χ3n) is 2.03. The number of benzene rings is 1. The summed E-state index contributed by atoms with van der Waals surface area (Å²) in [6.45, 7) is 1.51. The summed E-state index contributed by atoms with van der Waals surface area (Å²) in [5.41, 5.74) is 0.492. The van der Waals surface area contributed by atoms with Gasteiger partial charge in [-0.05, 0) is 25.1 Å². The summed E-state index contributed by atoms with van der Waals surface area (Å²) >= 11 is 0. The molecule has 1 heterocycles. The van der Waals surface area contributed by atoms with E-state index in [4.69, 9.17) is 9.63 Å². The van der Waals surface area contributed by atoms with Crippen LogP contribution in [0.3, 0.4) is 0 Å². The van der Waals surface area contributed by atoms with E-state index in [2.05, 4.69) is 10.1 Å². The number of phenols is 2. The summed E-state index contributed by atoms with van der Waals surface area (Å²) < 4.78 is 4.80. The first-order valence-corrected chi connectivity index (χ1v) is 4.62. The topological polar surface area (TPSA) is 99.6 Å². The smallest absolute Gasteiger partial charge is 0.255 e. The van der Waals surface area contributed by atoms with Crippen LogP contribution in [0.4, 0.5) is 0 Å². The molecule has 0 bridgehead atoms. The Morgan fingerprint density at radius 3 is 2.56 bits per heavy atom. The number of aliphatic hydroxyl groups excluding tert-OH is 1. The van der Waals surface area contributed by atoms with Crippen molar-refractivity contribution in [2.45, 2.75) is 13.0 Å². The van der Waals surface area contributed by atoms with Crippen LogP contribution < -0.4 is 0 Å². The van der Waals surface area contributed by atoms with Crippen LogP contribution in [0.15, 0.2) is 22.7 Å². The summed E-state index contributed by atoms with van der Waals surface area (Å²) in [6.07, 6.45) is -0.841. The second kappa shape index (κ2) is 3.82. The molecule has 0 amide bonds. The molecule has 6 heteroatoms. The lowest BCUT2D eigenvalue weighted by molar-refractivity contribution is 0.152. The van der Waals surface area contributed by atoms with E-state index in [1.54, 1.807) is 0 Å². The molecule has 0 aliphatic carbocycles. The normalized spacial score (nSPS) is 12.6. The van der Waals surface area contributed by atoms with Gasteiger partial charge in [0.15, 0.2) is 11.5 Å². The van der Waals surface area contributed by atoms with Crippen molar-refractivity contribution >= 4 is 0 Å². The summed E-state index contributed by atoms with van der Waals surface area (Å²) in [5.74, 6) is -0.141. The summed E-state index contributed by atoms with van der Waals surface area (Å²) in [6, 6.07) is 4.17. The molecule has 1 aromatic carbocycles. The Balaban J connectivity index is 2.39. The standard InChI is InChI=1S/C10H10N2O4/c1-5(13)10-11-9(12-16-10)6-2-3-7(14)8(15)4-6/h2-5,13-15H,1H3. The molecule has 0 aliphatic rings. The summed E-state index contributed by atoms with van der Waals surface area (Å²) in [5, 5.41) is 31.3. The molecule has 84 valence electrons. The Morgan fingerprint density at radius 1 is 1.25 bits per heavy atom. The minimum absolute atomic E-state index is 0.0996. The van der Waals surface area contributed by atoms with Gasteiger partial charge in [0.05, 0.1) is 0 Å². The number of hydrogen-bond acceptors (Lipinski definition) is 6. The van der Waals surface area contributed by atoms with E-state index in [0.29, 0.717) is 5.56 Å². The van der Waals surface area contributed by atoms with Gasteiger partial charge in [-0.3, -0.25) is 0 Å². The van der Waals surface area contributed by atoms with Crippen molar-refractivity contribution in [3.05, 3.63) is 24.1 Å². The lowest BCUT2D eigenvalue weighted by atomic mass is 10.2. The van der Waals surface area contributed by atoms with E-state index in [9.17, 15) is 10.2 Å². The second-order valence-corrected chi connectivity index (χ2v) is 3.34. The molecular weight excluding hydrogens is 212 g/mol. The molecule has 2 rings (SSSR count). The van der Waals surface area contributed by atoms with Crippen molar-refractivity contribution in [1.29, 1.82) is 0 Å². The number of phenolic OH excluding ortho intramolecular Hbond substituents is 2. The first-order valence-electron chi connectivity index (χ1n) is 4.62. The Labute approximate surface area is 90.8 Å². The third-order valence-corrected chi connectivity index (χ3v) is 2.03. The quantitative estimate of drug-likeness (QED) is 0.660. The van der Waals surface area contributed by atoms with Crippen LogP contribution in [0.2, 0.25) is 0 Å². The molecule has 1 aromatic heterocycles. The highest BCUT2D eigenvalue weighted by Crippen LogP contribution is 2.29. The van der Waals surface area contributed by atoms with Crippen LogP contribution in [0.25, 0.3) is 11.4 Å². The monoisotopic (exact) mass is 222 g/mol. The zero-order valence-corrected chi connectivity index (χ0v) is 8.45. The van der Waals surface area contributed by atoms with Crippen LogP contribution >= 0.6 is 0 Å². The second-order valence-electron chi connectivity index (χ2n) is 3.34. The van der Waals surface area contributed by atoms with Crippen molar-refractivity contribution in [2.24, 2.45) is 0 Å². The molecule has 16 heavy (non-hydrogen) atoms. The number of hydrogen-bond donors (Lipinski definition) is 3. The van der Waals surface area contributed by atoms with Crippen molar-refractivity contribution in [2.75, 3.05) is 0 Å². The van der Waals surface area contributed by atoms with Crippen LogP contribution in [0, 0.1) is 0 Å². The minimum atomic E-state index is -0.841. The molecule has 0 spiro atoms. The van der Waals surface area contributed by atoms with Crippen molar-refractivity contribution < 1.29 is 19.8 Å². The highest BCUT2D eigenvalue weighted by molar-refractivity contribution is 5.59. The number of nitrogens with zero attached hydrogens (tertiary/aromatic N) is 2. The van der Waals surface area contributed by atoms with Crippen LogP contribution in [0.1, 0.15) is 18.9 Å². The first kappa shape index (κ1) is 10.4. The maximum atomic E-state index is 9.29. The summed E-state index contributed by atoms with van der Waals surface area (Å²) in [7, 11) is 0. The van der Waals surface area contributed by atoms with E-state index < -0.39 is 6.10 Å². The minimum Gasteiger partial charge on any atom is -0.504 e. The maximum absolute atomic E-state index is 9.29. The van der Waals surface area contributed by atoms with Crippen LogP contribution in [-0.4, -0.2) is 25.5 Å². The Kier molecular flexibility index (Phi) is 2.49. The zero-order chi connectivity index (χ0) is 11.7. The highest BCUT2D eigenvalue weighted by atomic mass is 16.5. The molecule has 0 radical (unpaired) electrons. The molecule has 2 aromatic rings. The maximum Gasteiger partial charge on any atom is 0.255 e. The van der Waals surface area contributed by atoms with Gasteiger partial charge < -0.3 is 19.8 Å². The molecule has 1 atom stereocenters. The Hall–Kier alpha value is -2.08. The van der Waals surface area contributed by atoms with Crippen molar-refractivity contribution in [3.63, 3.8) is 0 Å². The first-order chi connectivity index (χ1) is 7.58. The van der Waals surface area contributed by atoms with Gasteiger partial charge in [-0.15, -0.1) is 0 Å². The van der Waals surface area contributed by atoms with Gasteiger partial charge in [0, 0.05) is 5.56 Å². The molecular formula is C10H10N2O4. The van der Waals surface area contributed by atoms with Gasteiger partial charge in [-0.1, -0.05) is 5.16 Å². The van der Waals surface area contributed by atoms with Crippen molar-refractivity contribution in [3.8, 4) is 22.9 Å². The average Bonchev–Trinajstić information content (AvgIpc) is 2.71. The van der Waals surface area contributed by atoms with E-state index >= 15 is 0 Å². The number of aromatic hydroxyl groups is 2. The molecule has 0 fully saturated rings. The Bertz CT molecular complexity index is 507. The predicted octanol–water partition coefficient (Wildman–Crippen LogP) is 1.20. The molecule has 3 N–H and O–H groups in total. The van der Waals surface area contributed by atoms with Gasteiger partial charge in [-0.25, -0.2) is 0 Å². The predicted molar refractivity (Wildman–Crippen MR) is 53.7 cm³/mol. The largest absolute Gasteiger partial charge is 0.504 e. The highest BCUT2D eigenvalue weighted by Gasteiger charge is 2.13. The molecule has 0 saturated heterocycles. The Morgan fingerprint density at radius 2 is 2.00 bits per heavy atom. The van der Waals surface area contributed by atoms with E-state index in [0.717, 1.165) is 0 Å². The lowest BCUT2D eigenvalue weighted by Crippen LogP contribution is -1.90. The van der Waals surface area contributed by atoms with Gasteiger partial charge in [0.2, 0.25) is 5.82 Å².